The lowest BCUT2D eigenvalue weighted by Gasteiger charge is -2.19. The maximum Gasteiger partial charge on any atom is 0.283 e. The van der Waals surface area contributed by atoms with Crippen LogP contribution in [-0.4, -0.2) is 32.0 Å². The van der Waals surface area contributed by atoms with E-state index >= 15 is 0 Å². The number of fused-ring (bicyclic) bond motifs is 1. The zero-order valence-corrected chi connectivity index (χ0v) is 15.3. The highest BCUT2D eigenvalue weighted by molar-refractivity contribution is 6.30. The van der Waals surface area contributed by atoms with Gasteiger partial charge in [0.25, 0.3) is 11.5 Å². The lowest BCUT2D eigenvalue weighted by Crippen LogP contribution is -2.36. The van der Waals surface area contributed by atoms with Gasteiger partial charge < -0.3 is 4.74 Å². The Morgan fingerprint density at radius 3 is 2.62 bits per heavy atom. The number of rotatable bonds is 4. The molecule has 136 valence electrons. The molecular weight excluding hydrogens is 358 g/mol. The van der Waals surface area contributed by atoms with E-state index in [4.69, 9.17) is 16.3 Å². The van der Waals surface area contributed by atoms with Crippen molar-refractivity contribution in [1.82, 2.24) is 19.4 Å². The molecule has 0 atom stereocenters. The standard InChI is InChI=1S/C17H18ClN5O3/c1-17(2,3)23-15-13(8-20-23)16(25)22(10-19-15)21-14(24)9-26-12-6-4-11(18)5-7-12/h4-8,10H,9H2,1-3H3,(H,21,24). The van der Waals surface area contributed by atoms with Gasteiger partial charge in [0.1, 0.15) is 17.5 Å². The van der Waals surface area contributed by atoms with Crippen molar-refractivity contribution in [3.63, 3.8) is 0 Å². The topological polar surface area (TPSA) is 91.0 Å². The average Bonchev–Trinajstić information content (AvgIpc) is 3.02. The Labute approximate surface area is 154 Å². The highest BCUT2D eigenvalue weighted by Crippen LogP contribution is 2.17. The van der Waals surface area contributed by atoms with Crippen LogP contribution in [0, 0.1) is 0 Å². The molecule has 0 aliphatic heterocycles. The number of carbonyl (C=O) groups excluding carboxylic acids is 1. The van der Waals surface area contributed by atoms with E-state index in [1.807, 2.05) is 20.8 Å². The zero-order valence-electron chi connectivity index (χ0n) is 14.6. The first kappa shape index (κ1) is 17.9. The van der Waals surface area contributed by atoms with Crippen molar-refractivity contribution in [2.45, 2.75) is 26.3 Å². The van der Waals surface area contributed by atoms with Crippen molar-refractivity contribution in [2.24, 2.45) is 0 Å². The van der Waals surface area contributed by atoms with Gasteiger partial charge in [-0.05, 0) is 45.0 Å². The van der Waals surface area contributed by atoms with Crippen LogP contribution in [0.2, 0.25) is 5.02 Å². The summed E-state index contributed by atoms with van der Waals surface area (Å²) < 4.78 is 8.03. The molecule has 0 aliphatic carbocycles. The van der Waals surface area contributed by atoms with Crippen LogP contribution in [-0.2, 0) is 10.3 Å². The molecule has 8 nitrogen and oxygen atoms in total. The number of aromatic nitrogens is 4. The molecular formula is C17H18ClN5O3. The van der Waals surface area contributed by atoms with E-state index < -0.39 is 11.5 Å². The summed E-state index contributed by atoms with van der Waals surface area (Å²) in [5.74, 6) is 0.00309. The average molecular weight is 376 g/mol. The quantitative estimate of drug-likeness (QED) is 0.754. The van der Waals surface area contributed by atoms with E-state index in [9.17, 15) is 9.59 Å². The second-order valence-electron chi connectivity index (χ2n) is 6.66. The Kier molecular flexibility index (Phi) is 4.69. The molecule has 1 aromatic carbocycles. The van der Waals surface area contributed by atoms with Crippen LogP contribution >= 0.6 is 11.6 Å². The van der Waals surface area contributed by atoms with Crippen molar-refractivity contribution in [3.8, 4) is 5.75 Å². The van der Waals surface area contributed by atoms with Crippen LogP contribution in [0.25, 0.3) is 11.0 Å². The van der Waals surface area contributed by atoms with Crippen molar-refractivity contribution in [2.75, 3.05) is 12.0 Å². The lowest BCUT2D eigenvalue weighted by molar-refractivity contribution is -0.119. The fourth-order valence-corrected chi connectivity index (χ4v) is 2.45. The Bertz CT molecular complexity index is 1000. The number of halogens is 1. The van der Waals surface area contributed by atoms with E-state index in [1.54, 1.807) is 28.9 Å². The first-order valence-corrected chi connectivity index (χ1v) is 8.27. The first-order valence-electron chi connectivity index (χ1n) is 7.90. The monoisotopic (exact) mass is 375 g/mol. The third kappa shape index (κ3) is 3.70. The SMILES string of the molecule is CC(C)(C)n1ncc2c(=O)n(NC(=O)COc3ccc(Cl)cc3)cnc21. The Balaban J connectivity index is 1.74. The number of nitrogens with one attached hydrogen (secondary N) is 1. The van der Waals surface area contributed by atoms with E-state index in [0.717, 1.165) is 4.68 Å². The summed E-state index contributed by atoms with van der Waals surface area (Å²) in [6.45, 7) is 5.63. The molecule has 26 heavy (non-hydrogen) atoms. The minimum Gasteiger partial charge on any atom is -0.484 e. The summed E-state index contributed by atoms with van der Waals surface area (Å²) >= 11 is 5.79. The predicted molar refractivity (Wildman–Crippen MR) is 98.1 cm³/mol. The van der Waals surface area contributed by atoms with Crippen molar-refractivity contribution in [3.05, 3.63) is 52.2 Å². The van der Waals surface area contributed by atoms with Crippen LogP contribution in [0.4, 0.5) is 0 Å². The minimum atomic E-state index is -0.494. The molecule has 3 rings (SSSR count). The van der Waals surface area contributed by atoms with Gasteiger partial charge in [0, 0.05) is 5.02 Å². The molecule has 0 spiro atoms. The Morgan fingerprint density at radius 2 is 1.96 bits per heavy atom. The molecule has 2 aromatic heterocycles. The third-order valence-corrected chi connectivity index (χ3v) is 3.80. The van der Waals surface area contributed by atoms with Crippen molar-refractivity contribution >= 4 is 28.5 Å². The number of carbonyl (C=O) groups is 1. The molecule has 0 unspecified atom stereocenters. The van der Waals surface area contributed by atoms with Gasteiger partial charge in [0.2, 0.25) is 0 Å². The number of ether oxygens (including phenoxy) is 1. The summed E-state index contributed by atoms with van der Waals surface area (Å²) in [5.41, 5.74) is 2.18. The molecule has 0 saturated heterocycles. The van der Waals surface area contributed by atoms with E-state index in [1.165, 1.54) is 12.5 Å². The molecule has 0 aliphatic rings. The lowest BCUT2D eigenvalue weighted by atomic mass is 10.1. The van der Waals surface area contributed by atoms with Gasteiger partial charge >= 0.3 is 0 Å². The van der Waals surface area contributed by atoms with Crippen LogP contribution < -0.4 is 15.7 Å². The predicted octanol–water partition coefficient (Wildman–Crippen LogP) is 2.15. The minimum absolute atomic E-state index is 0.257. The molecule has 0 radical (unpaired) electrons. The summed E-state index contributed by atoms with van der Waals surface area (Å²) in [6.07, 6.45) is 2.71. The maximum absolute atomic E-state index is 12.5. The molecule has 2 heterocycles. The van der Waals surface area contributed by atoms with Gasteiger partial charge in [-0.3, -0.25) is 15.0 Å². The number of hydrogen-bond acceptors (Lipinski definition) is 5. The number of nitrogens with zero attached hydrogens (tertiary/aromatic N) is 4. The molecule has 0 fully saturated rings. The van der Waals surface area contributed by atoms with Crippen LogP contribution in [0.5, 0.6) is 5.75 Å². The van der Waals surface area contributed by atoms with E-state index in [-0.39, 0.29) is 12.1 Å². The fraction of sp³-hybridized carbons (Fsp3) is 0.294. The van der Waals surface area contributed by atoms with Crippen LogP contribution in [0.1, 0.15) is 20.8 Å². The summed E-state index contributed by atoms with van der Waals surface area (Å²) in [5, 5.41) is 5.12. The number of amides is 1. The largest absolute Gasteiger partial charge is 0.484 e. The normalized spacial score (nSPS) is 11.5. The van der Waals surface area contributed by atoms with Crippen molar-refractivity contribution in [1.29, 1.82) is 0 Å². The molecule has 0 saturated carbocycles. The summed E-state index contributed by atoms with van der Waals surface area (Å²) in [7, 11) is 0. The van der Waals surface area contributed by atoms with Gasteiger partial charge in [0.05, 0.1) is 11.7 Å². The Morgan fingerprint density at radius 1 is 1.27 bits per heavy atom. The highest BCUT2D eigenvalue weighted by atomic mass is 35.5. The van der Waals surface area contributed by atoms with Gasteiger partial charge in [-0.15, -0.1) is 0 Å². The number of benzene rings is 1. The fourth-order valence-electron chi connectivity index (χ4n) is 2.33. The second-order valence-corrected chi connectivity index (χ2v) is 7.10. The zero-order chi connectivity index (χ0) is 18.9. The summed E-state index contributed by atoms with van der Waals surface area (Å²) in [4.78, 5) is 28.8. The number of hydrogen-bond donors (Lipinski definition) is 1. The smallest absolute Gasteiger partial charge is 0.283 e. The Hall–Kier alpha value is -2.87. The van der Waals surface area contributed by atoms with Crippen LogP contribution in [0.3, 0.4) is 0 Å². The molecule has 1 N–H and O–H groups in total. The third-order valence-electron chi connectivity index (χ3n) is 3.55. The molecule has 1 amide bonds. The highest BCUT2D eigenvalue weighted by Gasteiger charge is 2.20. The molecule has 0 bridgehead atoms. The second kappa shape index (κ2) is 6.80. The molecule has 9 heteroatoms. The summed E-state index contributed by atoms with van der Waals surface area (Å²) in [6, 6.07) is 6.61. The maximum atomic E-state index is 12.5. The van der Waals surface area contributed by atoms with Gasteiger partial charge in [0.15, 0.2) is 12.3 Å². The van der Waals surface area contributed by atoms with Gasteiger partial charge in [-0.2, -0.15) is 5.10 Å². The molecule has 3 aromatic rings. The first-order chi connectivity index (χ1) is 12.3. The van der Waals surface area contributed by atoms with E-state index in [0.29, 0.717) is 21.8 Å². The van der Waals surface area contributed by atoms with Crippen molar-refractivity contribution < 1.29 is 9.53 Å². The van der Waals surface area contributed by atoms with Crippen LogP contribution in [0.15, 0.2) is 41.6 Å². The van der Waals surface area contributed by atoms with Gasteiger partial charge in [-0.1, -0.05) is 11.6 Å². The van der Waals surface area contributed by atoms with Gasteiger partial charge in [-0.25, -0.2) is 14.3 Å². The van der Waals surface area contributed by atoms with E-state index in [2.05, 4.69) is 15.5 Å².